The van der Waals surface area contributed by atoms with Crippen molar-refractivity contribution >= 4 is 11.9 Å². The summed E-state index contributed by atoms with van der Waals surface area (Å²) in [5, 5.41) is 0. The summed E-state index contributed by atoms with van der Waals surface area (Å²) in [6.07, 6.45) is 0.963. The van der Waals surface area contributed by atoms with Crippen LogP contribution < -0.4 is 0 Å². The normalized spacial score (nSPS) is 14.6. The average molecular weight is 337 g/mol. The fourth-order valence-corrected chi connectivity index (χ4v) is 3.10. The maximum Gasteiger partial charge on any atom is 0.338 e. The van der Waals surface area contributed by atoms with Crippen molar-refractivity contribution in [2.24, 2.45) is 0 Å². The molecule has 130 valence electrons. The molecule has 1 heterocycles. The number of amides is 1. The molecule has 0 spiro atoms. The number of benzene rings is 2. The topological polar surface area (TPSA) is 46.6 Å². The van der Waals surface area contributed by atoms with Gasteiger partial charge in [0.15, 0.2) is 6.10 Å². The Morgan fingerprint density at radius 1 is 1.08 bits per heavy atom. The van der Waals surface area contributed by atoms with Gasteiger partial charge >= 0.3 is 5.97 Å². The highest BCUT2D eigenvalue weighted by molar-refractivity contribution is 5.92. The first-order chi connectivity index (χ1) is 12.1. The molecule has 2 aromatic rings. The Morgan fingerprint density at radius 3 is 2.44 bits per heavy atom. The van der Waals surface area contributed by atoms with Crippen LogP contribution in [0.3, 0.4) is 0 Å². The number of carbonyl (C=O) groups is 2. The standard InChI is InChI=1S/C21H23NO3/c1-3-16-8-10-18(11-9-16)21(24)25-15(2)20(23)22-13-12-17-6-4-5-7-19(17)14-22/h4-11,15H,3,12-14H2,1-2H3/t15-/m0/s1. The number of aryl methyl sites for hydroxylation is 1. The lowest BCUT2D eigenvalue weighted by atomic mass is 9.99. The third kappa shape index (κ3) is 3.90. The van der Waals surface area contributed by atoms with Crippen LogP contribution in [0.25, 0.3) is 0 Å². The van der Waals surface area contributed by atoms with Crippen LogP contribution in [-0.4, -0.2) is 29.4 Å². The first kappa shape index (κ1) is 17.2. The van der Waals surface area contributed by atoms with E-state index >= 15 is 0 Å². The molecule has 25 heavy (non-hydrogen) atoms. The van der Waals surface area contributed by atoms with Gasteiger partial charge in [-0.25, -0.2) is 4.79 Å². The van der Waals surface area contributed by atoms with Gasteiger partial charge in [-0.1, -0.05) is 43.3 Å². The smallest absolute Gasteiger partial charge is 0.338 e. The number of fused-ring (bicyclic) bond motifs is 1. The van der Waals surface area contributed by atoms with Gasteiger partial charge in [0.2, 0.25) is 0 Å². The predicted octanol–water partition coefficient (Wildman–Crippen LogP) is 3.38. The van der Waals surface area contributed by atoms with Crippen molar-refractivity contribution in [3.8, 4) is 0 Å². The SMILES string of the molecule is CCc1ccc(C(=O)O[C@@H](C)C(=O)N2CCc3ccccc3C2)cc1. The highest BCUT2D eigenvalue weighted by Crippen LogP contribution is 2.19. The quantitative estimate of drug-likeness (QED) is 0.804. The van der Waals surface area contributed by atoms with E-state index in [1.54, 1.807) is 24.0 Å². The third-order valence-electron chi connectivity index (χ3n) is 4.67. The zero-order valence-corrected chi connectivity index (χ0v) is 14.7. The summed E-state index contributed by atoms with van der Waals surface area (Å²) in [5.74, 6) is -0.603. The maximum atomic E-state index is 12.6. The molecule has 4 nitrogen and oxygen atoms in total. The minimum atomic E-state index is -0.788. The second kappa shape index (κ2) is 7.51. The number of esters is 1. The van der Waals surface area contributed by atoms with Gasteiger partial charge in [-0.3, -0.25) is 4.79 Å². The molecule has 2 aromatic carbocycles. The second-order valence-electron chi connectivity index (χ2n) is 6.38. The molecule has 1 amide bonds. The van der Waals surface area contributed by atoms with E-state index in [1.807, 2.05) is 30.3 Å². The van der Waals surface area contributed by atoms with E-state index in [0.717, 1.165) is 24.0 Å². The van der Waals surface area contributed by atoms with Crippen LogP contribution in [0.15, 0.2) is 48.5 Å². The summed E-state index contributed by atoms with van der Waals surface area (Å²) < 4.78 is 5.38. The van der Waals surface area contributed by atoms with E-state index in [-0.39, 0.29) is 5.91 Å². The van der Waals surface area contributed by atoms with E-state index in [1.165, 1.54) is 5.56 Å². The van der Waals surface area contributed by atoms with Crippen LogP contribution in [0.4, 0.5) is 0 Å². The lowest BCUT2D eigenvalue weighted by Gasteiger charge is -2.30. The van der Waals surface area contributed by atoms with Crippen LogP contribution in [0.1, 0.15) is 40.9 Å². The third-order valence-corrected chi connectivity index (χ3v) is 4.67. The van der Waals surface area contributed by atoms with Crippen molar-refractivity contribution in [2.45, 2.75) is 39.3 Å². The molecule has 0 bridgehead atoms. The predicted molar refractivity (Wildman–Crippen MR) is 96.3 cm³/mol. The Labute approximate surface area is 148 Å². The monoisotopic (exact) mass is 337 g/mol. The summed E-state index contributed by atoms with van der Waals surface area (Å²) in [5.41, 5.74) is 4.08. The lowest BCUT2D eigenvalue weighted by molar-refractivity contribution is -0.140. The van der Waals surface area contributed by atoms with Gasteiger partial charge < -0.3 is 9.64 Å². The van der Waals surface area contributed by atoms with E-state index in [2.05, 4.69) is 13.0 Å². The maximum absolute atomic E-state index is 12.6. The van der Waals surface area contributed by atoms with Gasteiger partial charge in [-0.2, -0.15) is 0 Å². The van der Waals surface area contributed by atoms with Gasteiger partial charge in [0.25, 0.3) is 5.91 Å². The number of carbonyl (C=O) groups excluding carboxylic acids is 2. The van der Waals surface area contributed by atoms with E-state index in [4.69, 9.17) is 4.74 Å². The Hall–Kier alpha value is -2.62. The number of ether oxygens (including phenoxy) is 1. The van der Waals surface area contributed by atoms with E-state index < -0.39 is 12.1 Å². The first-order valence-corrected chi connectivity index (χ1v) is 8.74. The average Bonchev–Trinajstić information content (AvgIpc) is 2.67. The van der Waals surface area contributed by atoms with Crippen LogP contribution in [-0.2, 0) is 28.9 Å². The number of hydrogen-bond donors (Lipinski definition) is 0. The highest BCUT2D eigenvalue weighted by atomic mass is 16.5. The molecule has 0 N–H and O–H groups in total. The Bertz CT molecular complexity index is 767. The summed E-state index contributed by atoms with van der Waals surface area (Å²) in [7, 11) is 0. The Balaban J connectivity index is 1.61. The summed E-state index contributed by atoms with van der Waals surface area (Å²) >= 11 is 0. The van der Waals surface area contributed by atoms with Crippen molar-refractivity contribution in [2.75, 3.05) is 6.54 Å². The molecule has 4 heteroatoms. The second-order valence-corrected chi connectivity index (χ2v) is 6.38. The molecule has 1 aliphatic rings. The first-order valence-electron chi connectivity index (χ1n) is 8.74. The van der Waals surface area contributed by atoms with E-state index in [9.17, 15) is 9.59 Å². The van der Waals surface area contributed by atoms with Crippen molar-refractivity contribution in [1.82, 2.24) is 4.90 Å². The zero-order chi connectivity index (χ0) is 17.8. The molecular weight excluding hydrogens is 314 g/mol. The molecule has 0 saturated carbocycles. The fraction of sp³-hybridized carbons (Fsp3) is 0.333. The van der Waals surface area contributed by atoms with Crippen LogP contribution in [0, 0.1) is 0 Å². The van der Waals surface area contributed by atoms with Crippen LogP contribution in [0.5, 0.6) is 0 Å². The molecule has 0 radical (unpaired) electrons. The van der Waals surface area contributed by atoms with Crippen LogP contribution in [0.2, 0.25) is 0 Å². The molecule has 0 aromatic heterocycles. The lowest BCUT2D eigenvalue weighted by Crippen LogP contribution is -2.42. The molecule has 1 atom stereocenters. The summed E-state index contributed by atoms with van der Waals surface area (Å²) in [6, 6.07) is 15.4. The Morgan fingerprint density at radius 2 is 1.76 bits per heavy atom. The molecule has 0 aliphatic carbocycles. The number of rotatable bonds is 4. The van der Waals surface area contributed by atoms with Crippen molar-refractivity contribution < 1.29 is 14.3 Å². The van der Waals surface area contributed by atoms with Crippen LogP contribution >= 0.6 is 0 Å². The van der Waals surface area contributed by atoms with Crippen molar-refractivity contribution in [3.05, 3.63) is 70.8 Å². The highest BCUT2D eigenvalue weighted by Gasteiger charge is 2.27. The van der Waals surface area contributed by atoms with Gasteiger partial charge in [0.05, 0.1) is 5.56 Å². The molecule has 0 fully saturated rings. The molecule has 1 aliphatic heterocycles. The van der Waals surface area contributed by atoms with Crippen molar-refractivity contribution in [1.29, 1.82) is 0 Å². The number of hydrogen-bond acceptors (Lipinski definition) is 3. The minimum absolute atomic E-state index is 0.145. The molecule has 0 saturated heterocycles. The fourth-order valence-electron chi connectivity index (χ4n) is 3.10. The van der Waals surface area contributed by atoms with Crippen molar-refractivity contribution in [3.63, 3.8) is 0 Å². The summed E-state index contributed by atoms with van der Waals surface area (Å²) in [6.45, 7) is 4.93. The van der Waals surface area contributed by atoms with E-state index in [0.29, 0.717) is 18.7 Å². The van der Waals surface area contributed by atoms with Gasteiger partial charge in [-0.05, 0) is 48.6 Å². The Kier molecular flexibility index (Phi) is 5.17. The largest absolute Gasteiger partial charge is 0.449 e. The molecule has 0 unspecified atom stereocenters. The van der Waals surface area contributed by atoms with Gasteiger partial charge in [0.1, 0.15) is 0 Å². The summed E-state index contributed by atoms with van der Waals surface area (Å²) in [4.78, 5) is 26.6. The van der Waals surface area contributed by atoms with Gasteiger partial charge in [-0.15, -0.1) is 0 Å². The number of nitrogens with zero attached hydrogens (tertiary/aromatic N) is 1. The molecular formula is C21H23NO3. The molecule has 3 rings (SSSR count). The minimum Gasteiger partial charge on any atom is -0.449 e. The zero-order valence-electron chi connectivity index (χ0n) is 14.7. The van der Waals surface area contributed by atoms with Gasteiger partial charge in [0, 0.05) is 13.1 Å².